The van der Waals surface area contributed by atoms with Crippen LogP contribution >= 0.6 is 23.2 Å². The summed E-state index contributed by atoms with van der Waals surface area (Å²) >= 11 is 12.1. The molecule has 0 spiro atoms. The summed E-state index contributed by atoms with van der Waals surface area (Å²) in [6.45, 7) is 1.57. The zero-order valence-electron chi connectivity index (χ0n) is 11.8. The van der Waals surface area contributed by atoms with E-state index in [1.54, 1.807) is 11.0 Å². The molecule has 0 aromatic heterocycles. The van der Waals surface area contributed by atoms with E-state index < -0.39 is 0 Å². The van der Waals surface area contributed by atoms with Gasteiger partial charge in [-0.1, -0.05) is 41.4 Å². The monoisotopic (exact) mass is 335 g/mol. The summed E-state index contributed by atoms with van der Waals surface area (Å²) < 4.78 is 5.78. The van der Waals surface area contributed by atoms with Crippen LogP contribution in [0.2, 0.25) is 10.0 Å². The second-order valence-corrected chi connectivity index (χ2v) is 6.05. The molecule has 114 valence electrons. The summed E-state index contributed by atoms with van der Waals surface area (Å²) in [5.74, 6) is 0.0158. The second-order valence-electron chi connectivity index (χ2n) is 5.18. The molecule has 1 saturated heterocycles. The van der Waals surface area contributed by atoms with Crippen molar-refractivity contribution in [3.05, 3.63) is 69.7 Å². The molecule has 1 aliphatic rings. The Kier molecular flexibility index (Phi) is 4.67. The summed E-state index contributed by atoms with van der Waals surface area (Å²) in [5.41, 5.74) is 1.58. The Morgan fingerprint density at radius 2 is 1.77 bits per heavy atom. The number of benzene rings is 2. The van der Waals surface area contributed by atoms with Crippen molar-refractivity contribution in [2.75, 3.05) is 19.7 Å². The summed E-state index contributed by atoms with van der Waals surface area (Å²) in [4.78, 5) is 14.3. The van der Waals surface area contributed by atoms with Crippen molar-refractivity contribution in [3.8, 4) is 0 Å². The Morgan fingerprint density at radius 3 is 2.45 bits per heavy atom. The summed E-state index contributed by atoms with van der Waals surface area (Å²) in [6, 6.07) is 14.6. The average Bonchev–Trinajstić information content (AvgIpc) is 2.54. The van der Waals surface area contributed by atoms with Gasteiger partial charge < -0.3 is 9.64 Å². The van der Waals surface area contributed by atoms with E-state index in [0.29, 0.717) is 35.3 Å². The normalized spacial score (nSPS) is 18.3. The fraction of sp³-hybridized carbons (Fsp3) is 0.235. The standard InChI is InChI=1S/C17H15Cl2NO2/c18-14-8-13(9-15(19)10-14)16-11-20(6-7-22-16)17(21)12-4-2-1-3-5-12/h1-5,8-10,16H,6-7,11H2. The van der Waals surface area contributed by atoms with Gasteiger partial charge in [-0.2, -0.15) is 0 Å². The molecular formula is C17H15Cl2NO2. The summed E-state index contributed by atoms with van der Waals surface area (Å²) in [5, 5.41) is 1.13. The molecule has 1 atom stereocenters. The first-order chi connectivity index (χ1) is 10.6. The largest absolute Gasteiger partial charge is 0.370 e. The third-order valence-electron chi connectivity index (χ3n) is 3.63. The average molecular weight is 336 g/mol. The molecule has 3 rings (SSSR count). The maximum absolute atomic E-state index is 12.5. The lowest BCUT2D eigenvalue weighted by molar-refractivity contribution is -0.0228. The number of carbonyl (C=O) groups is 1. The summed E-state index contributed by atoms with van der Waals surface area (Å²) in [6.07, 6.45) is -0.211. The molecule has 0 N–H and O–H groups in total. The number of hydrogen-bond acceptors (Lipinski definition) is 2. The highest BCUT2D eigenvalue weighted by Crippen LogP contribution is 2.28. The first kappa shape index (κ1) is 15.3. The zero-order chi connectivity index (χ0) is 15.5. The van der Waals surface area contributed by atoms with Crippen molar-refractivity contribution in [1.29, 1.82) is 0 Å². The van der Waals surface area contributed by atoms with Crippen LogP contribution in [0.15, 0.2) is 48.5 Å². The minimum atomic E-state index is -0.211. The molecule has 0 saturated carbocycles. The van der Waals surface area contributed by atoms with Crippen molar-refractivity contribution >= 4 is 29.1 Å². The number of hydrogen-bond donors (Lipinski definition) is 0. The maximum Gasteiger partial charge on any atom is 0.254 e. The van der Waals surface area contributed by atoms with Gasteiger partial charge in [0.25, 0.3) is 5.91 Å². The van der Waals surface area contributed by atoms with E-state index in [4.69, 9.17) is 27.9 Å². The number of morpholine rings is 1. The topological polar surface area (TPSA) is 29.5 Å². The second kappa shape index (κ2) is 6.69. The number of halogens is 2. The van der Waals surface area contributed by atoms with Crippen LogP contribution in [-0.2, 0) is 4.74 Å². The molecule has 5 heteroatoms. The molecule has 1 heterocycles. The SMILES string of the molecule is O=C(c1ccccc1)N1CCOC(c2cc(Cl)cc(Cl)c2)C1. The van der Waals surface area contributed by atoms with Crippen LogP contribution in [0.4, 0.5) is 0 Å². The lowest BCUT2D eigenvalue weighted by atomic mass is 10.1. The first-order valence-corrected chi connectivity index (χ1v) is 7.81. The van der Waals surface area contributed by atoms with E-state index in [1.165, 1.54) is 0 Å². The Labute approximate surface area is 139 Å². The van der Waals surface area contributed by atoms with Gasteiger partial charge in [-0.05, 0) is 35.9 Å². The smallest absolute Gasteiger partial charge is 0.254 e. The number of amides is 1. The van der Waals surface area contributed by atoms with Crippen LogP contribution in [0.5, 0.6) is 0 Å². The first-order valence-electron chi connectivity index (χ1n) is 7.05. The van der Waals surface area contributed by atoms with Gasteiger partial charge in [-0.15, -0.1) is 0 Å². The van der Waals surface area contributed by atoms with E-state index in [9.17, 15) is 4.79 Å². The fourth-order valence-electron chi connectivity index (χ4n) is 2.56. The van der Waals surface area contributed by atoms with E-state index in [0.717, 1.165) is 5.56 Å². The molecule has 22 heavy (non-hydrogen) atoms. The highest BCUT2D eigenvalue weighted by atomic mass is 35.5. The van der Waals surface area contributed by atoms with Crippen molar-refractivity contribution in [1.82, 2.24) is 4.90 Å². The summed E-state index contributed by atoms with van der Waals surface area (Å²) in [7, 11) is 0. The van der Waals surface area contributed by atoms with Crippen molar-refractivity contribution < 1.29 is 9.53 Å². The molecule has 0 bridgehead atoms. The van der Waals surface area contributed by atoms with E-state index in [2.05, 4.69) is 0 Å². The molecule has 3 nitrogen and oxygen atoms in total. The van der Waals surface area contributed by atoms with Gasteiger partial charge in [0.15, 0.2) is 0 Å². The van der Waals surface area contributed by atoms with Crippen molar-refractivity contribution in [2.24, 2.45) is 0 Å². The maximum atomic E-state index is 12.5. The molecule has 2 aromatic rings. The van der Waals surface area contributed by atoms with Crippen LogP contribution in [-0.4, -0.2) is 30.5 Å². The lowest BCUT2D eigenvalue weighted by Gasteiger charge is -2.33. The van der Waals surface area contributed by atoms with E-state index in [1.807, 2.05) is 42.5 Å². The third kappa shape index (κ3) is 3.43. The number of nitrogens with zero attached hydrogens (tertiary/aromatic N) is 1. The quantitative estimate of drug-likeness (QED) is 0.822. The number of carbonyl (C=O) groups excluding carboxylic acids is 1. The fourth-order valence-corrected chi connectivity index (χ4v) is 3.10. The molecule has 1 fully saturated rings. The Balaban J connectivity index is 1.78. The number of rotatable bonds is 2. The predicted octanol–water partition coefficient (Wildman–Crippen LogP) is 4.21. The molecule has 2 aromatic carbocycles. The van der Waals surface area contributed by atoms with E-state index >= 15 is 0 Å². The van der Waals surface area contributed by atoms with Crippen LogP contribution in [0.3, 0.4) is 0 Å². The lowest BCUT2D eigenvalue weighted by Crippen LogP contribution is -2.42. The van der Waals surface area contributed by atoms with Gasteiger partial charge in [-0.3, -0.25) is 4.79 Å². The highest BCUT2D eigenvalue weighted by molar-refractivity contribution is 6.34. The van der Waals surface area contributed by atoms with Gasteiger partial charge in [0.1, 0.15) is 6.10 Å². The highest BCUT2D eigenvalue weighted by Gasteiger charge is 2.26. The van der Waals surface area contributed by atoms with Crippen LogP contribution < -0.4 is 0 Å². The Morgan fingerprint density at radius 1 is 1.09 bits per heavy atom. The molecular weight excluding hydrogens is 321 g/mol. The van der Waals surface area contributed by atoms with Gasteiger partial charge >= 0.3 is 0 Å². The van der Waals surface area contributed by atoms with Crippen LogP contribution in [0.25, 0.3) is 0 Å². The molecule has 1 unspecified atom stereocenters. The third-order valence-corrected chi connectivity index (χ3v) is 4.07. The predicted molar refractivity (Wildman–Crippen MR) is 87.5 cm³/mol. The molecule has 0 radical (unpaired) electrons. The van der Waals surface area contributed by atoms with Gasteiger partial charge in [0.05, 0.1) is 13.2 Å². The van der Waals surface area contributed by atoms with Gasteiger partial charge in [-0.25, -0.2) is 0 Å². The zero-order valence-corrected chi connectivity index (χ0v) is 13.3. The molecule has 1 aliphatic heterocycles. The van der Waals surface area contributed by atoms with Gasteiger partial charge in [0, 0.05) is 22.2 Å². The van der Waals surface area contributed by atoms with Gasteiger partial charge in [0.2, 0.25) is 0 Å². The minimum absolute atomic E-state index is 0.0158. The van der Waals surface area contributed by atoms with Crippen molar-refractivity contribution in [3.63, 3.8) is 0 Å². The van der Waals surface area contributed by atoms with Crippen LogP contribution in [0, 0.1) is 0 Å². The minimum Gasteiger partial charge on any atom is -0.370 e. The Bertz CT molecular complexity index is 655. The molecule has 0 aliphatic carbocycles. The molecule has 1 amide bonds. The Hall–Kier alpha value is -1.55. The van der Waals surface area contributed by atoms with E-state index in [-0.39, 0.29) is 12.0 Å². The van der Waals surface area contributed by atoms with Crippen LogP contribution in [0.1, 0.15) is 22.0 Å². The number of ether oxygens (including phenoxy) is 1. The van der Waals surface area contributed by atoms with Crippen molar-refractivity contribution in [2.45, 2.75) is 6.10 Å².